The third-order valence-electron chi connectivity index (χ3n) is 1.92. The molecule has 0 fully saturated rings. The SMILES string of the molecule is Cc1cc(-c2sccc2C)nc(Cl)n1. The van der Waals surface area contributed by atoms with E-state index in [2.05, 4.69) is 28.3 Å². The summed E-state index contributed by atoms with van der Waals surface area (Å²) < 4.78 is 0. The van der Waals surface area contributed by atoms with E-state index in [-0.39, 0.29) is 0 Å². The molecule has 4 heteroatoms. The molecule has 0 aromatic carbocycles. The van der Waals surface area contributed by atoms with Gasteiger partial charge in [-0.05, 0) is 48.5 Å². The van der Waals surface area contributed by atoms with Crippen LogP contribution in [0.1, 0.15) is 11.3 Å². The van der Waals surface area contributed by atoms with Crippen LogP contribution in [0.5, 0.6) is 0 Å². The third-order valence-corrected chi connectivity index (χ3v) is 3.13. The Morgan fingerprint density at radius 2 is 2.07 bits per heavy atom. The molecular formula is C10H9ClN2S. The van der Waals surface area contributed by atoms with Crippen LogP contribution in [-0.4, -0.2) is 9.97 Å². The van der Waals surface area contributed by atoms with Gasteiger partial charge < -0.3 is 0 Å². The molecule has 0 aliphatic rings. The summed E-state index contributed by atoms with van der Waals surface area (Å²) in [4.78, 5) is 9.40. The summed E-state index contributed by atoms with van der Waals surface area (Å²) in [5.74, 6) is 0. The van der Waals surface area contributed by atoms with Crippen molar-refractivity contribution in [3.8, 4) is 10.6 Å². The maximum Gasteiger partial charge on any atom is 0.223 e. The molecule has 0 saturated heterocycles. The van der Waals surface area contributed by atoms with E-state index in [0.717, 1.165) is 16.3 Å². The number of aromatic nitrogens is 2. The van der Waals surface area contributed by atoms with Crippen molar-refractivity contribution in [2.45, 2.75) is 13.8 Å². The Labute approximate surface area is 91.6 Å². The lowest BCUT2D eigenvalue weighted by Gasteiger charge is -2.00. The van der Waals surface area contributed by atoms with Crippen LogP contribution in [0.2, 0.25) is 5.28 Å². The Bertz CT molecular complexity index is 445. The lowest BCUT2D eigenvalue weighted by Crippen LogP contribution is -1.89. The van der Waals surface area contributed by atoms with Crippen LogP contribution in [0.25, 0.3) is 10.6 Å². The molecule has 0 amide bonds. The highest BCUT2D eigenvalue weighted by Crippen LogP contribution is 2.28. The third kappa shape index (κ3) is 1.79. The number of hydrogen-bond acceptors (Lipinski definition) is 3. The largest absolute Gasteiger partial charge is 0.223 e. The maximum atomic E-state index is 5.80. The van der Waals surface area contributed by atoms with Gasteiger partial charge in [0.2, 0.25) is 5.28 Å². The number of halogens is 1. The highest BCUT2D eigenvalue weighted by Gasteiger charge is 2.06. The topological polar surface area (TPSA) is 25.8 Å². The fourth-order valence-corrected chi connectivity index (χ4v) is 2.40. The Balaban J connectivity index is 2.57. The highest BCUT2D eigenvalue weighted by molar-refractivity contribution is 7.13. The molecule has 14 heavy (non-hydrogen) atoms. The van der Waals surface area contributed by atoms with Gasteiger partial charge in [0.25, 0.3) is 0 Å². The number of nitrogens with zero attached hydrogens (tertiary/aromatic N) is 2. The predicted molar refractivity (Wildman–Crippen MR) is 59.8 cm³/mol. The Morgan fingerprint density at radius 3 is 2.64 bits per heavy atom. The molecular weight excluding hydrogens is 216 g/mol. The predicted octanol–water partition coefficient (Wildman–Crippen LogP) is 3.48. The second-order valence-corrected chi connectivity index (χ2v) is 4.35. The molecule has 0 atom stereocenters. The summed E-state index contributed by atoms with van der Waals surface area (Å²) in [7, 11) is 0. The maximum absolute atomic E-state index is 5.80. The van der Waals surface area contributed by atoms with Crippen molar-refractivity contribution in [3.63, 3.8) is 0 Å². The van der Waals surface area contributed by atoms with E-state index in [1.54, 1.807) is 11.3 Å². The molecule has 0 N–H and O–H groups in total. The smallest absolute Gasteiger partial charge is 0.223 e. The Kier molecular flexibility index (Phi) is 2.52. The summed E-state index contributed by atoms with van der Waals surface area (Å²) in [5.41, 5.74) is 3.03. The van der Waals surface area contributed by atoms with Crippen LogP contribution in [0, 0.1) is 13.8 Å². The van der Waals surface area contributed by atoms with E-state index >= 15 is 0 Å². The van der Waals surface area contributed by atoms with Crippen LogP contribution in [0.3, 0.4) is 0 Å². The van der Waals surface area contributed by atoms with Gasteiger partial charge >= 0.3 is 0 Å². The van der Waals surface area contributed by atoms with Crippen molar-refractivity contribution in [1.82, 2.24) is 9.97 Å². The van der Waals surface area contributed by atoms with E-state index < -0.39 is 0 Å². The summed E-state index contributed by atoms with van der Waals surface area (Å²) >= 11 is 7.47. The molecule has 0 unspecified atom stereocenters. The minimum atomic E-state index is 0.313. The van der Waals surface area contributed by atoms with E-state index in [9.17, 15) is 0 Å². The molecule has 2 rings (SSSR count). The van der Waals surface area contributed by atoms with Gasteiger partial charge in [0, 0.05) is 5.69 Å². The molecule has 2 aromatic heterocycles. The normalized spacial score (nSPS) is 10.5. The van der Waals surface area contributed by atoms with E-state index in [1.165, 1.54) is 5.56 Å². The molecule has 0 radical (unpaired) electrons. The second-order valence-electron chi connectivity index (χ2n) is 3.10. The van der Waals surface area contributed by atoms with Gasteiger partial charge in [-0.15, -0.1) is 11.3 Å². The fourth-order valence-electron chi connectivity index (χ4n) is 1.28. The van der Waals surface area contributed by atoms with Gasteiger partial charge in [-0.3, -0.25) is 0 Å². The van der Waals surface area contributed by atoms with Crippen LogP contribution < -0.4 is 0 Å². The first-order valence-electron chi connectivity index (χ1n) is 4.22. The first-order valence-corrected chi connectivity index (χ1v) is 5.48. The quantitative estimate of drug-likeness (QED) is 0.694. The molecule has 0 saturated carbocycles. The first-order chi connectivity index (χ1) is 6.66. The van der Waals surface area contributed by atoms with Crippen molar-refractivity contribution >= 4 is 22.9 Å². The summed E-state index contributed by atoms with van der Waals surface area (Å²) in [5, 5.41) is 2.36. The average molecular weight is 225 g/mol. The second kappa shape index (κ2) is 3.67. The van der Waals surface area contributed by atoms with Crippen LogP contribution in [0.15, 0.2) is 17.5 Å². The fraction of sp³-hybridized carbons (Fsp3) is 0.200. The van der Waals surface area contributed by atoms with Crippen LogP contribution in [-0.2, 0) is 0 Å². The highest BCUT2D eigenvalue weighted by atomic mass is 35.5. The lowest BCUT2D eigenvalue weighted by atomic mass is 10.2. The number of rotatable bonds is 1. The van der Waals surface area contributed by atoms with Crippen LogP contribution >= 0.6 is 22.9 Å². The van der Waals surface area contributed by atoms with Crippen LogP contribution in [0.4, 0.5) is 0 Å². The number of aryl methyl sites for hydroxylation is 2. The molecule has 72 valence electrons. The van der Waals surface area contributed by atoms with Gasteiger partial charge in [-0.2, -0.15) is 0 Å². The summed E-state index contributed by atoms with van der Waals surface area (Å²) in [6, 6.07) is 4.02. The summed E-state index contributed by atoms with van der Waals surface area (Å²) in [6.45, 7) is 3.98. The molecule has 2 nitrogen and oxygen atoms in total. The van der Waals surface area contributed by atoms with Crippen molar-refractivity contribution in [1.29, 1.82) is 0 Å². The van der Waals surface area contributed by atoms with E-state index in [1.807, 2.05) is 13.0 Å². The zero-order chi connectivity index (χ0) is 10.1. The van der Waals surface area contributed by atoms with Gasteiger partial charge in [-0.1, -0.05) is 0 Å². The minimum absolute atomic E-state index is 0.313. The van der Waals surface area contributed by atoms with E-state index in [0.29, 0.717) is 5.28 Å². The van der Waals surface area contributed by atoms with Gasteiger partial charge in [0.15, 0.2) is 0 Å². The number of thiophene rings is 1. The van der Waals surface area contributed by atoms with Crippen molar-refractivity contribution in [3.05, 3.63) is 34.1 Å². The zero-order valence-corrected chi connectivity index (χ0v) is 9.49. The first kappa shape index (κ1) is 9.62. The van der Waals surface area contributed by atoms with Crippen molar-refractivity contribution in [2.75, 3.05) is 0 Å². The lowest BCUT2D eigenvalue weighted by molar-refractivity contribution is 1.11. The molecule has 2 aromatic rings. The van der Waals surface area contributed by atoms with Gasteiger partial charge in [0.05, 0.1) is 10.6 Å². The molecule has 0 aliphatic carbocycles. The number of hydrogen-bond donors (Lipinski definition) is 0. The van der Waals surface area contributed by atoms with Gasteiger partial charge in [0.1, 0.15) is 0 Å². The Morgan fingerprint density at radius 1 is 1.29 bits per heavy atom. The molecule has 0 spiro atoms. The standard InChI is InChI=1S/C10H9ClN2S/c1-6-3-4-14-9(6)8-5-7(2)12-10(11)13-8/h3-5H,1-2H3. The van der Waals surface area contributed by atoms with Gasteiger partial charge in [-0.25, -0.2) is 9.97 Å². The minimum Gasteiger partial charge on any atom is -0.223 e. The molecule has 0 bridgehead atoms. The molecule has 2 heterocycles. The van der Waals surface area contributed by atoms with Crippen molar-refractivity contribution in [2.24, 2.45) is 0 Å². The van der Waals surface area contributed by atoms with E-state index in [4.69, 9.17) is 11.6 Å². The van der Waals surface area contributed by atoms with Crippen molar-refractivity contribution < 1.29 is 0 Å². The average Bonchev–Trinajstić information content (AvgIpc) is 2.49. The summed E-state index contributed by atoms with van der Waals surface area (Å²) in [6.07, 6.45) is 0. The molecule has 0 aliphatic heterocycles. The zero-order valence-electron chi connectivity index (χ0n) is 7.91. The Hall–Kier alpha value is -0.930. The monoisotopic (exact) mass is 224 g/mol.